The van der Waals surface area contributed by atoms with E-state index in [0.29, 0.717) is 35.0 Å². The average Bonchev–Trinajstić information content (AvgIpc) is 3.28. The molecule has 0 unspecified atom stereocenters. The number of amides is 4. The standard InChI is InChI=1S/C21H24N4O6/c1-12-5-7-21(8-6-12)19(28)25(20(29)23-21)24-17(26)11-31-18(27)16-9-13-3-4-14(30-2)10-15(13)22-16/h3-4,9-10,12,22H,5-8,11H2,1-2H3,(H,23,29)(H,24,26). The number of esters is 1. The van der Waals surface area contributed by atoms with E-state index in [-0.39, 0.29) is 5.69 Å². The molecular weight excluding hydrogens is 404 g/mol. The van der Waals surface area contributed by atoms with Crippen molar-refractivity contribution in [1.29, 1.82) is 0 Å². The number of hydrogen-bond acceptors (Lipinski definition) is 6. The number of hydrogen-bond donors (Lipinski definition) is 3. The fourth-order valence-electron chi connectivity index (χ4n) is 4.02. The third kappa shape index (κ3) is 3.92. The fourth-order valence-corrected chi connectivity index (χ4v) is 4.02. The van der Waals surface area contributed by atoms with Crippen molar-refractivity contribution in [1.82, 2.24) is 20.7 Å². The predicted octanol–water partition coefficient (Wildman–Crippen LogP) is 1.87. The number of urea groups is 1. The molecule has 1 aromatic carbocycles. The Bertz CT molecular complexity index is 1050. The molecule has 1 aliphatic carbocycles. The molecule has 10 nitrogen and oxygen atoms in total. The molecule has 2 aromatic rings. The highest BCUT2D eigenvalue weighted by Crippen LogP contribution is 2.35. The number of fused-ring (bicyclic) bond motifs is 1. The zero-order valence-corrected chi connectivity index (χ0v) is 17.3. The van der Waals surface area contributed by atoms with Gasteiger partial charge in [-0.2, -0.15) is 5.01 Å². The second-order valence-corrected chi connectivity index (χ2v) is 8.08. The van der Waals surface area contributed by atoms with Gasteiger partial charge in [-0.1, -0.05) is 6.92 Å². The van der Waals surface area contributed by atoms with Gasteiger partial charge in [0, 0.05) is 17.0 Å². The summed E-state index contributed by atoms with van der Waals surface area (Å²) in [6.07, 6.45) is 2.71. The third-order valence-corrected chi connectivity index (χ3v) is 5.91. The summed E-state index contributed by atoms with van der Waals surface area (Å²) in [6.45, 7) is 1.46. The van der Waals surface area contributed by atoms with Gasteiger partial charge in [-0.15, -0.1) is 0 Å². The molecule has 1 aromatic heterocycles. The van der Waals surface area contributed by atoms with Crippen molar-refractivity contribution in [2.75, 3.05) is 13.7 Å². The number of aromatic amines is 1. The summed E-state index contributed by atoms with van der Waals surface area (Å²) in [5, 5.41) is 4.17. The second kappa shape index (κ2) is 7.93. The van der Waals surface area contributed by atoms with E-state index in [1.165, 1.54) is 0 Å². The molecule has 3 N–H and O–H groups in total. The number of methoxy groups -OCH3 is 1. The Morgan fingerprint density at radius 1 is 1.23 bits per heavy atom. The van der Waals surface area contributed by atoms with Gasteiger partial charge in [-0.05, 0) is 49.8 Å². The Morgan fingerprint density at radius 3 is 2.68 bits per heavy atom. The molecular formula is C21H24N4O6. The van der Waals surface area contributed by atoms with Crippen molar-refractivity contribution < 1.29 is 28.7 Å². The Kier molecular flexibility index (Phi) is 5.30. The molecule has 4 rings (SSSR count). The van der Waals surface area contributed by atoms with Gasteiger partial charge in [0.15, 0.2) is 6.61 Å². The fraction of sp³-hybridized carbons (Fsp3) is 0.429. The molecule has 1 saturated carbocycles. The van der Waals surface area contributed by atoms with Crippen molar-refractivity contribution in [3.8, 4) is 5.75 Å². The van der Waals surface area contributed by atoms with Crippen LogP contribution < -0.4 is 15.5 Å². The first kappa shape index (κ1) is 20.7. The number of nitrogens with zero attached hydrogens (tertiary/aromatic N) is 1. The molecule has 0 radical (unpaired) electrons. The zero-order valence-electron chi connectivity index (χ0n) is 17.3. The maximum atomic E-state index is 12.8. The Labute approximate surface area is 178 Å². The number of benzene rings is 1. The first-order chi connectivity index (χ1) is 14.8. The van der Waals surface area contributed by atoms with E-state index in [2.05, 4.69) is 22.7 Å². The number of carbonyl (C=O) groups excluding carboxylic acids is 4. The first-order valence-corrected chi connectivity index (χ1v) is 10.1. The minimum Gasteiger partial charge on any atom is -0.497 e. The second-order valence-electron chi connectivity index (χ2n) is 8.08. The van der Waals surface area contributed by atoms with Crippen LogP contribution in [0.1, 0.15) is 43.1 Å². The van der Waals surface area contributed by atoms with Crippen molar-refractivity contribution in [3.63, 3.8) is 0 Å². The van der Waals surface area contributed by atoms with E-state index in [9.17, 15) is 19.2 Å². The largest absolute Gasteiger partial charge is 0.497 e. The predicted molar refractivity (Wildman–Crippen MR) is 109 cm³/mol. The number of imide groups is 1. The SMILES string of the molecule is COc1ccc2cc(C(=O)OCC(=O)NN3C(=O)NC4(CCC(C)CC4)C3=O)[nH]c2c1. The van der Waals surface area contributed by atoms with Crippen LogP contribution in [0.4, 0.5) is 4.79 Å². The maximum absolute atomic E-state index is 12.8. The van der Waals surface area contributed by atoms with E-state index in [1.54, 1.807) is 31.4 Å². The van der Waals surface area contributed by atoms with Crippen LogP contribution in [0.2, 0.25) is 0 Å². The first-order valence-electron chi connectivity index (χ1n) is 10.1. The highest BCUT2D eigenvalue weighted by Gasteiger charge is 2.52. The Hall–Kier alpha value is -3.56. The van der Waals surface area contributed by atoms with E-state index in [1.807, 2.05) is 0 Å². The van der Waals surface area contributed by atoms with E-state index in [0.717, 1.165) is 18.2 Å². The maximum Gasteiger partial charge on any atom is 0.355 e. The molecule has 10 heteroatoms. The lowest BCUT2D eigenvalue weighted by atomic mass is 9.77. The van der Waals surface area contributed by atoms with Crippen molar-refractivity contribution in [3.05, 3.63) is 30.0 Å². The highest BCUT2D eigenvalue weighted by molar-refractivity contribution is 6.08. The normalized spacial score (nSPS) is 23.2. The number of aromatic nitrogens is 1. The Balaban J connectivity index is 1.34. The van der Waals surface area contributed by atoms with Crippen LogP contribution in [0.3, 0.4) is 0 Å². The van der Waals surface area contributed by atoms with Gasteiger partial charge >= 0.3 is 12.0 Å². The summed E-state index contributed by atoms with van der Waals surface area (Å²) in [5.41, 5.74) is 2.13. The number of carbonyl (C=O) groups is 4. The lowest BCUT2D eigenvalue weighted by Crippen LogP contribution is -2.52. The van der Waals surface area contributed by atoms with Gasteiger partial charge in [0.05, 0.1) is 7.11 Å². The van der Waals surface area contributed by atoms with Gasteiger partial charge in [0.1, 0.15) is 17.0 Å². The monoisotopic (exact) mass is 428 g/mol. The van der Waals surface area contributed by atoms with E-state index >= 15 is 0 Å². The number of H-pyrrole nitrogens is 1. The van der Waals surface area contributed by atoms with Gasteiger partial charge in [-0.25, -0.2) is 9.59 Å². The molecule has 0 atom stereocenters. The molecule has 1 aliphatic heterocycles. The quantitative estimate of drug-likeness (QED) is 0.492. The molecule has 1 spiro atoms. The summed E-state index contributed by atoms with van der Waals surface area (Å²) < 4.78 is 10.2. The molecule has 2 heterocycles. The van der Waals surface area contributed by atoms with Crippen LogP contribution >= 0.6 is 0 Å². The van der Waals surface area contributed by atoms with Gasteiger partial charge < -0.3 is 19.8 Å². The van der Waals surface area contributed by atoms with Crippen LogP contribution in [0.15, 0.2) is 24.3 Å². The molecule has 2 aliphatic rings. The molecule has 2 fully saturated rings. The molecule has 1 saturated heterocycles. The van der Waals surface area contributed by atoms with Gasteiger partial charge in [-0.3, -0.25) is 15.0 Å². The summed E-state index contributed by atoms with van der Waals surface area (Å²) in [7, 11) is 1.54. The topological polar surface area (TPSA) is 130 Å². The van der Waals surface area contributed by atoms with E-state index < -0.39 is 36.0 Å². The summed E-state index contributed by atoms with van der Waals surface area (Å²) in [5.74, 6) is -0.874. The lowest BCUT2D eigenvalue weighted by molar-refractivity contribution is -0.141. The van der Waals surface area contributed by atoms with Crippen LogP contribution in [0.5, 0.6) is 5.75 Å². The number of ether oxygens (including phenoxy) is 2. The lowest BCUT2D eigenvalue weighted by Gasteiger charge is -2.33. The average molecular weight is 428 g/mol. The van der Waals surface area contributed by atoms with Crippen molar-refractivity contribution in [2.45, 2.75) is 38.1 Å². The minimum absolute atomic E-state index is 0.168. The summed E-state index contributed by atoms with van der Waals surface area (Å²) in [6, 6.07) is 6.20. The molecule has 0 bridgehead atoms. The molecule has 4 amide bonds. The Morgan fingerprint density at radius 2 is 1.97 bits per heavy atom. The van der Waals surface area contributed by atoms with Crippen molar-refractivity contribution >= 4 is 34.7 Å². The van der Waals surface area contributed by atoms with Gasteiger partial charge in [0.25, 0.3) is 11.8 Å². The van der Waals surface area contributed by atoms with Crippen LogP contribution in [0, 0.1) is 5.92 Å². The summed E-state index contributed by atoms with van der Waals surface area (Å²) >= 11 is 0. The summed E-state index contributed by atoms with van der Waals surface area (Å²) in [4.78, 5) is 52.4. The number of hydrazine groups is 1. The number of nitrogens with one attached hydrogen (secondary N) is 3. The van der Waals surface area contributed by atoms with Crippen molar-refractivity contribution in [2.24, 2.45) is 5.92 Å². The van der Waals surface area contributed by atoms with Crippen LogP contribution in [0.25, 0.3) is 10.9 Å². The number of rotatable bonds is 5. The third-order valence-electron chi connectivity index (χ3n) is 5.91. The smallest absolute Gasteiger partial charge is 0.355 e. The van der Waals surface area contributed by atoms with Crippen LogP contribution in [-0.4, -0.2) is 53.1 Å². The minimum atomic E-state index is -0.959. The van der Waals surface area contributed by atoms with E-state index in [4.69, 9.17) is 9.47 Å². The zero-order chi connectivity index (χ0) is 22.2. The highest BCUT2D eigenvalue weighted by atomic mass is 16.5. The molecule has 164 valence electrons. The van der Waals surface area contributed by atoms with Crippen LogP contribution in [-0.2, 0) is 14.3 Å². The van der Waals surface area contributed by atoms with Gasteiger partial charge in [0.2, 0.25) is 0 Å². The molecule has 31 heavy (non-hydrogen) atoms.